The van der Waals surface area contributed by atoms with Gasteiger partial charge in [-0.15, -0.1) is 0 Å². The SMILES string of the molecule is CCOC(=O)C1CCC(Oc2ccc3c(c2)CCC(c2ccccc2C)O3)CC1. The van der Waals surface area contributed by atoms with Gasteiger partial charge in [-0.2, -0.15) is 0 Å². The van der Waals surface area contributed by atoms with E-state index in [1.165, 1.54) is 16.7 Å². The number of hydrogen-bond donors (Lipinski definition) is 0. The van der Waals surface area contributed by atoms with Gasteiger partial charge in [0.05, 0.1) is 18.6 Å². The number of rotatable bonds is 5. The molecule has 4 heteroatoms. The molecule has 4 nitrogen and oxygen atoms in total. The second-order valence-electron chi connectivity index (χ2n) is 8.11. The molecule has 1 heterocycles. The predicted octanol–water partition coefficient (Wildman–Crippen LogP) is 5.56. The van der Waals surface area contributed by atoms with E-state index in [-0.39, 0.29) is 24.1 Å². The number of esters is 1. The molecule has 0 saturated heterocycles. The van der Waals surface area contributed by atoms with Gasteiger partial charge >= 0.3 is 5.97 Å². The standard InChI is InChI=1S/C25H30O4/c1-3-27-25(26)18-8-11-20(12-9-18)28-21-13-15-23-19(16-21)10-14-24(29-23)22-7-5-4-6-17(22)2/h4-7,13,15-16,18,20,24H,3,8-12,14H2,1-2H3. The van der Waals surface area contributed by atoms with E-state index in [2.05, 4.69) is 37.3 Å². The summed E-state index contributed by atoms with van der Waals surface area (Å²) in [4.78, 5) is 11.9. The van der Waals surface area contributed by atoms with E-state index in [0.717, 1.165) is 50.0 Å². The Kier molecular flexibility index (Phi) is 6.08. The second kappa shape index (κ2) is 8.89. The summed E-state index contributed by atoms with van der Waals surface area (Å²) in [5.41, 5.74) is 3.77. The average Bonchev–Trinajstić information content (AvgIpc) is 2.74. The molecule has 4 rings (SSSR count). The quantitative estimate of drug-likeness (QED) is 0.623. The predicted molar refractivity (Wildman–Crippen MR) is 112 cm³/mol. The minimum atomic E-state index is -0.0555. The summed E-state index contributed by atoms with van der Waals surface area (Å²) in [6.45, 7) is 4.45. The van der Waals surface area contributed by atoms with E-state index in [0.29, 0.717) is 6.61 Å². The monoisotopic (exact) mass is 394 g/mol. The third-order valence-electron chi connectivity index (χ3n) is 6.11. The molecule has 0 radical (unpaired) electrons. The van der Waals surface area contributed by atoms with Gasteiger partial charge in [0, 0.05) is 0 Å². The van der Waals surface area contributed by atoms with Gasteiger partial charge in [-0.3, -0.25) is 4.79 Å². The van der Waals surface area contributed by atoms with Gasteiger partial charge in [-0.25, -0.2) is 0 Å². The van der Waals surface area contributed by atoms with Crippen LogP contribution in [0.3, 0.4) is 0 Å². The zero-order chi connectivity index (χ0) is 20.2. The molecule has 1 fully saturated rings. The maximum atomic E-state index is 11.9. The highest BCUT2D eigenvalue weighted by atomic mass is 16.5. The van der Waals surface area contributed by atoms with Crippen molar-refractivity contribution in [2.45, 2.75) is 64.6 Å². The molecule has 154 valence electrons. The Morgan fingerprint density at radius 3 is 2.62 bits per heavy atom. The fourth-order valence-corrected chi connectivity index (χ4v) is 4.47. The third-order valence-corrected chi connectivity index (χ3v) is 6.11. The zero-order valence-electron chi connectivity index (χ0n) is 17.4. The summed E-state index contributed by atoms with van der Waals surface area (Å²) >= 11 is 0. The Bertz CT molecular complexity index is 852. The van der Waals surface area contributed by atoms with Crippen molar-refractivity contribution in [3.05, 3.63) is 59.2 Å². The number of carbonyl (C=O) groups excluding carboxylic acids is 1. The van der Waals surface area contributed by atoms with Crippen molar-refractivity contribution in [3.8, 4) is 11.5 Å². The molecule has 0 N–H and O–H groups in total. The fourth-order valence-electron chi connectivity index (χ4n) is 4.47. The van der Waals surface area contributed by atoms with Crippen LogP contribution in [-0.2, 0) is 16.0 Å². The van der Waals surface area contributed by atoms with Crippen LogP contribution >= 0.6 is 0 Å². The van der Waals surface area contributed by atoms with Gasteiger partial charge in [0.1, 0.15) is 17.6 Å². The highest BCUT2D eigenvalue weighted by Crippen LogP contribution is 2.38. The van der Waals surface area contributed by atoms with Crippen LogP contribution in [0.4, 0.5) is 0 Å². The molecule has 1 saturated carbocycles. The van der Waals surface area contributed by atoms with Gasteiger partial charge in [-0.1, -0.05) is 24.3 Å². The maximum absolute atomic E-state index is 11.9. The second-order valence-corrected chi connectivity index (χ2v) is 8.11. The lowest BCUT2D eigenvalue weighted by molar-refractivity contribution is -0.149. The Balaban J connectivity index is 1.35. The maximum Gasteiger partial charge on any atom is 0.308 e. The molecule has 0 spiro atoms. The average molecular weight is 395 g/mol. The number of hydrogen-bond acceptors (Lipinski definition) is 4. The first-order valence-electron chi connectivity index (χ1n) is 10.8. The number of ether oxygens (including phenoxy) is 3. The normalized spacial score (nSPS) is 23.6. The van der Waals surface area contributed by atoms with Crippen molar-refractivity contribution < 1.29 is 19.0 Å². The summed E-state index contributed by atoms with van der Waals surface area (Å²) in [5, 5.41) is 0. The van der Waals surface area contributed by atoms with Crippen LogP contribution in [0.15, 0.2) is 42.5 Å². The largest absolute Gasteiger partial charge is 0.490 e. The summed E-state index contributed by atoms with van der Waals surface area (Å²) in [7, 11) is 0. The van der Waals surface area contributed by atoms with Gasteiger partial charge in [0.15, 0.2) is 0 Å². The van der Waals surface area contributed by atoms with E-state index in [4.69, 9.17) is 14.2 Å². The molecule has 0 bridgehead atoms. The number of aryl methyl sites for hydroxylation is 2. The van der Waals surface area contributed by atoms with E-state index in [9.17, 15) is 4.79 Å². The Hall–Kier alpha value is -2.49. The number of fused-ring (bicyclic) bond motifs is 1. The first kappa shape index (κ1) is 19.8. The van der Waals surface area contributed by atoms with Gasteiger partial charge in [-0.05, 0) is 87.3 Å². The third kappa shape index (κ3) is 4.58. The van der Waals surface area contributed by atoms with E-state index in [1.807, 2.05) is 19.1 Å². The van der Waals surface area contributed by atoms with Crippen molar-refractivity contribution in [3.63, 3.8) is 0 Å². The van der Waals surface area contributed by atoms with Crippen LogP contribution in [0.25, 0.3) is 0 Å². The van der Waals surface area contributed by atoms with Crippen LogP contribution in [0.1, 0.15) is 61.8 Å². The molecule has 1 aliphatic carbocycles. The molecule has 1 unspecified atom stereocenters. The van der Waals surface area contributed by atoms with Crippen molar-refractivity contribution in [1.29, 1.82) is 0 Å². The number of benzene rings is 2. The van der Waals surface area contributed by atoms with E-state index >= 15 is 0 Å². The van der Waals surface area contributed by atoms with Crippen molar-refractivity contribution >= 4 is 5.97 Å². The van der Waals surface area contributed by atoms with Gasteiger partial charge in [0.2, 0.25) is 0 Å². The minimum absolute atomic E-state index is 0.0325. The lowest BCUT2D eigenvalue weighted by Crippen LogP contribution is -2.29. The highest BCUT2D eigenvalue weighted by Gasteiger charge is 2.29. The highest BCUT2D eigenvalue weighted by molar-refractivity contribution is 5.72. The summed E-state index contributed by atoms with van der Waals surface area (Å²) < 4.78 is 17.7. The van der Waals surface area contributed by atoms with Crippen molar-refractivity contribution in [2.75, 3.05) is 6.61 Å². The summed E-state index contributed by atoms with van der Waals surface area (Å²) in [5.74, 6) is 1.84. The summed E-state index contributed by atoms with van der Waals surface area (Å²) in [6, 6.07) is 14.6. The van der Waals surface area contributed by atoms with Crippen molar-refractivity contribution in [2.24, 2.45) is 5.92 Å². The molecule has 2 aliphatic rings. The molecule has 0 aromatic heterocycles. The van der Waals surface area contributed by atoms with Crippen LogP contribution in [-0.4, -0.2) is 18.7 Å². The van der Waals surface area contributed by atoms with Gasteiger partial charge < -0.3 is 14.2 Å². The number of carbonyl (C=O) groups is 1. The Morgan fingerprint density at radius 2 is 1.86 bits per heavy atom. The van der Waals surface area contributed by atoms with E-state index in [1.54, 1.807) is 0 Å². The van der Waals surface area contributed by atoms with E-state index < -0.39 is 0 Å². The molecule has 0 amide bonds. The summed E-state index contributed by atoms with van der Waals surface area (Å²) in [6.07, 6.45) is 5.73. The van der Waals surface area contributed by atoms with Gasteiger partial charge in [0.25, 0.3) is 0 Å². The Morgan fingerprint density at radius 1 is 1.07 bits per heavy atom. The lowest BCUT2D eigenvalue weighted by Gasteiger charge is -2.30. The zero-order valence-corrected chi connectivity index (χ0v) is 17.4. The molecular formula is C25H30O4. The molecule has 2 aromatic carbocycles. The van der Waals surface area contributed by atoms with Crippen LogP contribution in [0.2, 0.25) is 0 Å². The first-order valence-corrected chi connectivity index (χ1v) is 10.8. The van der Waals surface area contributed by atoms with Crippen LogP contribution in [0.5, 0.6) is 11.5 Å². The smallest absolute Gasteiger partial charge is 0.308 e. The topological polar surface area (TPSA) is 44.8 Å². The van der Waals surface area contributed by atoms with Crippen LogP contribution in [0, 0.1) is 12.8 Å². The lowest BCUT2D eigenvalue weighted by atomic mass is 9.87. The molecular weight excluding hydrogens is 364 g/mol. The first-order chi connectivity index (χ1) is 14.1. The Labute approximate surface area is 173 Å². The molecule has 29 heavy (non-hydrogen) atoms. The molecule has 1 atom stereocenters. The fraction of sp³-hybridized carbons (Fsp3) is 0.480. The minimum Gasteiger partial charge on any atom is -0.490 e. The molecule has 1 aliphatic heterocycles. The van der Waals surface area contributed by atoms with Crippen LogP contribution < -0.4 is 9.47 Å². The molecule has 2 aromatic rings. The van der Waals surface area contributed by atoms with Crippen molar-refractivity contribution in [1.82, 2.24) is 0 Å².